The van der Waals surface area contributed by atoms with E-state index in [2.05, 4.69) is 18.3 Å². The monoisotopic (exact) mass is 279 g/mol. The molecule has 0 spiro atoms. The molecule has 0 saturated heterocycles. The smallest absolute Gasteiger partial charge is 0.165 e. The van der Waals surface area contributed by atoms with Gasteiger partial charge < -0.3 is 19.9 Å². The van der Waals surface area contributed by atoms with Gasteiger partial charge in [0.1, 0.15) is 0 Å². The number of benzene rings is 1. The van der Waals surface area contributed by atoms with E-state index in [-0.39, 0.29) is 6.61 Å². The summed E-state index contributed by atoms with van der Waals surface area (Å²) in [4.78, 5) is 0. The van der Waals surface area contributed by atoms with Gasteiger partial charge in [-0.3, -0.25) is 0 Å². The van der Waals surface area contributed by atoms with Gasteiger partial charge in [-0.15, -0.1) is 0 Å². The molecular weight excluding hydrogens is 254 g/mol. The molecule has 2 N–H and O–H groups in total. The SMILES string of the molecule is CCC(CCO)CNCc1cccc2c1OCCCO2. The van der Waals surface area contributed by atoms with Gasteiger partial charge in [0.05, 0.1) is 13.2 Å². The van der Waals surface area contributed by atoms with Crippen molar-refractivity contribution in [3.8, 4) is 11.5 Å². The van der Waals surface area contributed by atoms with Crippen LogP contribution in [-0.4, -0.2) is 31.5 Å². The van der Waals surface area contributed by atoms with Gasteiger partial charge in [-0.2, -0.15) is 0 Å². The van der Waals surface area contributed by atoms with Crippen molar-refractivity contribution in [2.75, 3.05) is 26.4 Å². The highest BCUT2D eigenvalue weighted by Crippen LogP contribution is 2.33. The van der Waals surface area contributed by atoms with Crippen molar-refractivity contribution in [3.63, 3.8) is 0 Å². The molecule has 1 aromatic carbocycles. The van der Waals surface area contributed by atoms with Crippen molar-refractivity contribution in [2.45, 2.75) is 32.7 Å². The predicted molar refractivity (Wildman–Crippen MR) is 79.2 cm³/mol. The lowest BCUT2D eigenvalue weighted by molar-refractivity contribution is 0.251. The minimum absolute atomic E-state index is 0.262. The average molecular weight is 279 g/mol. The van der Waals surface area contributed by atoms with Gasteiger partial charge in [0.15, 0.2) is 11.5 Å². The van der Waals surface area contributed by atoms with Crippen molar-refractivity contribution >= 4 is 0 Å². The Kier molecular flexibility index (Phi) is 6.15. The molecule has 2 rings (SSSR count). The van der Waals surface area contributed by atoms with Gasteiger partial charge in [-0.25, -0.2) is 0 Å². The van der Waals surface area contributed by atoms with E-state index < -0.39 is 0 Å². The fourth-order valence-corrected chi connectivity index (χ4v) is 2.44. The van der Waals surface area contributed by atoms with E-state index in [1.807, 2.05) is 12.1 Å². The first-order valence-electron chi connectivity index (χ1n) is 7.54. The van der Waals surface area contributed by atoms with Crippen molar-refractivity contribution in [3.05, 3.63) is 23.8 Å². The summed E-state index contributed by atoms with van der Waals surface area (Å²) in [5.41, 5.74) is 1.14. The molecule has 1 atom stereocenters. The van der Waals surface area contributed by atoms with Crippen LogP contribution in [0.4, 0.5) is 0 Å². The third-order valence-corrected chi connectivity index (χ3v) is 3.72. The molecule has 0 radical (unpaired) electrons. The summed E-state index contributed by atoms with van der Waals surface area (Å²) in [7, 11) is 0. The van der Waals surface area contributed by atoms with Gasteiger partial charge >= 0.3 is 0 Å². The summed E-state index contributed by atoms with van der Waals surface area (Å²) >= 11 is 0. The minimum atomic E-state index is 0.262. The van der Waals surface area contributed by atoms with Crippen molar-refractivity contribution < 1.29 is 14.6 Å². The third-order valence-electron chi connectivity index (χ3n) is 3.72. The van der Waals surface area contributed by atoms with Crippen molar-refractivity contribution in [1.82, 2.24) is 5.32 Å². The summed E-state index contributed by atoms with van der Waals surface area (Å²) in [6.07, 6.45) is 2.87. The van der Waals surface area contributed by atoms with Crippen LogP contribution in [0.25, 0.3) is 0 Å². The van der Waals surface area contributed by atoms with Crippen LogP contribution >= 0.6 is 0 Å². The Balaban J connectivity index is 1.92. The zero-order valence-corrected chi connectivity index (χ0v) is 12.2. The number of fused-ring (bicyclic) bond motifs is 1. The van der Waals surface area contributed by atoms with Crippen LogP contribution in [-0.2, 0) is 6.54 Å². The number of aliphatic hydroxyl groups excluding tert-OH is 1. The molecule has 1 aromatic rings. The van der Waals surface area contributed by atoms with Crippen LogP contribution in [0.15, 0.2) is 18.2 Å². The van der Waals surface area contributed by atoms with E-state index in [1.54, 1.807) is 0 Å². The number of hydrogen-bond acceptors (Lipinski definition) is 4. The summed E-state index contributed by atoms with van der Waals surface area (Å²) in [5, 5.41) is 12.5. The fraction of sp³-hybridized carbons (Fsp3) is 0.625. The van der Waals surface area contributed by atoms with E-state index in [0.29, 0.717) is 12.5 Å². The van der Waals surface area contributed by atoms with Crippen LogP contribution in [0.2, 0.25) is 0 Å². The lowest BCUT2D eigenvalue weighted by Crippen LogP contribution is -2.23. The molecule has 1 unspecified atom stereocenters. The molecule has 0 bridgehead atoms. The Bertz CT molecular complexity index is 409. The number of aliphatic hydroxyl groups is 1. The average Bonchev–Trinajstić information content (AvgIpc) is 2.72. The second-order valence-electron chi connectivity index (χ2n) is 5.21. The summed E-state index contributed by atoms with van der Waals surface area (Å²) < 4.78 is 11.5. The first kappa shape index (κ1) is 15.1. The van der Waals surface area contributed by atoms with Crippen LogP contribution in [0.3, 0.4) is 0 Å². The fourth-order valence-electron chi connectivity index (χ4n) is 2.44. The highest BCUT2D eigenvalue weighted by atomic mass is 16.5. The lowest BCUT2D eigenvalue weighted by Gasteiger charge is -2.16. The molecule has 0 saturated carbocycles. The standard InChI is InChI=1S/C16H25NO3/c1-2-13(7-8-18)11-17-12-14-5-3-6-15-16(14)20-10-4-9-19-15/h3,5-6,13,17-18H,2,4,7-12H2,1H3. The third kappa shape index (κ3) is 4.12. The highest BCUT2D eigenvalue weighted by molar-refractivity contribution is 5.47. The van der Waals surface area contributed by atoms with Crippen molar-refractivity contribution in [1.29, 1.82) is 0 Å². The molecule has 4 heteroatoms. The maximum atomic E-state index is 9.01. The summed E-state index contributed by atoms with van der Waals surface area (Å²) in [6.45, 7) is 5.55. The normalized spacial score (nSPS) is 15.7. The molecule has 0 amide bonds. The van der Waals surface area contributed by atoms with E-state index in [0.717, 1.165) is 56.0 Å². The zero-order chi connectivity index (χ0) is 14.2. The number of para-hydroxylation sites is 1. The maximum Gasteiger partial charge on any atom is 0.165 e. The number of nitrogens with one attached hydrogen (secondary N) is 1. The van der Waals surface area contributed by atoms with Crippen LogP contribution < -0.4 is 14.8 Å². The second kappa shape index (κ2) is 8.12. The Hall–Kier alpha value is -1.26. The Morgan fingerprint density at radius 3 is 2.95 bits per heavy atom. The van der Waals surface area contributed by atoms with Crippen LogP contribution in [0.1, 0.15) is 31.7 Å². The largest absolute Gasteiger partial charge is 0.490 e. The topological polar surface area (TPSA) is 50.7 Å². The van der Waals surface area contributed by atoms with Gasteiger partial charge in [0, 0.05) is 25.1 Å². The van der Waals surface area contributed by atoms with E-state index in [4.69, 9.17) is 14.6 Å². The molecule has 0 fully saturated rings. The van der Waals surface area contributed by atoms with Gasteiger partial charge in [-0.05, 0) is 24.9 Å². The Morgan fingerprint density at radius 2 is 2.15 bits per heavy atom. The maximum absolute atomic E-state index is 9.01. The second-order valence-corrected chi connectivity index (χ2v) is 5.21. The lowest BCUT2D eigenvalue weighted by atomic mass is 10.0. The first-order chi connectivity index (χ1) is 9.85. The first-order valence-corrected chi connectivity index (χ1v) is 7.54. The molecule has 1 aliphatic rings. The van der Waals surface area contributed by atoms with Gasteiger partial charge in [-0.1, -0.05) is 25.5 Å². The predicted octanol–water partition coefficient (Wildman–Crippen LogP) is 2.35. The zero-order valence-electron chi connectivity index (χ0n) is 12.2. The molecule has 4 nitrogen and oxygen atoms in total. The highest BCUT2D eigenvalue weighted by Gasteiger charge is 2.14. The molecule has 1 aliphatic heterocycles. The Morgan fingerprint density at radius 1 is 1.30 bits per heavy atom. The number of rotatable bonds is 7. The molecule has 112 valence electrons. The van der Waals surface area contributed by atoms with Crippen LogP contribution in [0.5, 0.6) is 11.5 Å². The number of hydrogen-bond donors (Lipinski definition) is 2. The van der Waals surface area contributed by atoms with Crippen molar-refractivity contribution in [2.24, 2.45) is 5.92 Å². The van der Waals surface area contributed by atoms with Gasteiger partial charge in [0.2, 0.25) is 0 Å². The molecule has 0 aromatic heterocycles. The quantitative estimate of drug-likeness (QED) is 0.804. The minimum Gasteiger partial charge on any atom is -0.490 e. The Labute approximate surface area is 121 Å². The summed E-state index contributed by atoms with van der Waals surface area (Å²) in [6, 6.07) is 6.05. The molecule has 1 heterocycles. The molecular formula is C16H25NO3. The molecule has 20 heavy (non-hydrogen) atoms. The molecule has 0 aliphatic carbocycles. The van der Waals surface area contributed by atoms with Crippen LogP contribution in [0, 0.1) is 5.92 Å². The van der Waals surface area contributed by atoms with Gasteiger partial charge in [0.25, 0.3) is 0 Å². The number of ether oxygens (including phenoxy) is 2. The van der Waals surface area contributed by atoms with E-state index in [1.165, 1.54) is 0 Å². The van der Waals surface area contributed by atoms with E-state index >= 15 is 0 Å². The van der Waals surface area contributed by atoms with E-state index in [9.17, 15) is 0 Å². The summed E-state index contributed by atoms with van der Waals surface area (Å²) in [5.74, 6) is 2.26.